The third-order valence-electron chi connectivity index (χ3n) is 4.22. The molecule has 2 rings (SSSR count). The van der Waals surface area contributed by atoms with Crippen molar-refractivity contribution in [3.8, 4) is 0 Å². The molecule has 2 saturated carbocycles. The van der Waals surface area contributed by atoms with Crippen LogP contribution < -0.4 is 5.73 Å². The lowest BCUT2D eigenvalue weighted by Crippen LogP contribution is -2.20. The van der Waals surface area contributed by atoms with Crippen LogP contribution in [0.3, 0.4) is 0 Å². The molecule has 2 aliphatic carbocycles. The first-order valence-electron chi connectivity index (χ1n) is 6.23. The van der Waals surface area contributed by atoms with E-state index in [0.717, 1.165) is 18.4 Å². The molecular weight excluding hydrogens is 170 g/mol. The summed E-state index contributed by atoms with van der Waals surface area (Å²) in [6.07, 6.45) is 15.1. The summed E-state index contributed by atoms with van der Waals surface area (Å²) in [4.78, 5) is 0. The molecule has 0 bridgehead atoms. The van der Waals surface area contributed by atoms with Crippen LogP contribution in [-0.4, -0.2) is 6.54 Å². The number of nitrogens with two attached hydrogens (primary N) is 1. The normalized spacial score (nSPS) is 25.6. The van der Waals surface area contributed by atoms with Gasteiger partial charge in [0.15, 0.2) is 0 Å². The van der Waals surface area contributed by atoms with Gasteiger partial charge in [-0.15, -0.1) is 0 Å². The highest BCUT2D eigenvalue weighted by molar-refractivity contribution is 5.08. The van der Waals surface area contributed by atoms with Crippen LogP contribution in [0.25, 0.3) is 0 Å². The maximum absolute atomic E-state index is 5.52. The zero-order valence-electron chi connectivity index (χ0n) is 9.23. The van der Waals surface area contributed by atoms with Gasteiger partial charge in [-0.3, -0.25) is 0 Å². The largest absolute Gasteiger partial charge is 0.330 e. The second-order valence-electron chi connectivity index (χ2n) is 5.15. The molecule has 0 atom stereocenters. The predicted octanol–water partition coefficient (Wildman–Crippen LogP) is 3.40. The van der Waals surface area contributed by atoms with Crippen LogP contribution in [0.4, 0.5) is 0 Å². The van der Waals surface area contributed by atoms with Crippen molar-refractivity contribution in [2.75, 3.05) is 6.54 Å². The van der Waals surface area contributed by atoms with Crippen molar-refractivity contribution < 1.29 is 0 Å². The fourth-order valence-corrected chi connectivity index (χ4v) is 3.22. The van der Waals surface area contributed by atoms with E-state index in [1.807, 2.05) is 0 Å². The fourth-order valence-electron chi connectivity index (χ4n) is 3.22. The van der Waals surface area contributed by atoms with Crippen molar-refractivity contribution in [1.82, 2.24) is 0 Å². The summed E-state index contributed by atoms with van der Waals surface area (Å²) in [5.74, 6) is 0. The Balaban J connectivity index is 1.85. The summed E-state index contributed by atoms with van der Waals surface area (Å²) >= 11 is 0. The number of hydrogen-bond acceptors (Lipinski definition) is 1. The van der Waals surface area contributed by atoms with E-state index in [1.54, 1.807) is 5.57 Å². The van der Waals surface area contributed by atoms with Crippen molar-refractivity contribution in [2.24, 2.45) is 11.1 Å². The van der Waals surface area contributed by atoms with Gasteiger partial charge in [0.2, 0.25) is 0 Å². The third kappa shape index (κ3) is 2.20. The highest BCUT2D eigenvalue weighted by atomic mass is 14.5. The summed E-state index contributed by atoms with van der Waals surface area (Å²) in [6.45, 7) is 0.814. The lowest BCUT2D eigenvalue weighted by atomic mass is 9.71. The smallest absolute Gasteiger partial charge is 0.00425 e. The van der Waals surface area contributed by atoms with Gasteiger partial charge in [-0.2, -0.15) is 0 Å². The lowest BCUT2D eigenvalue weighted by Gasteiger charge is -2.34. The van der Waals surface area contributed by atoms with E-state index >= 15 is 0 Å². The molecule has 14 heavy (non-hydrogen) atoms. The molecule has 1 spiro atoms. The zero-order valence-corrected chi connectivity index (χ0v) is 9.23. The SMILES string of the molecule is NCCC=C1CCC2(CCCC2)CC1. The Morgan fingerprint density at radius 2 is 1.71 bits per heavy atom. The van der Waals surface area contributed by atoms with Gasteiger partial charge in [0.05, 0.1) is 0 Å². The van der Waals surface area contributed by atoms with Crippen LogP contribution >= 0.6 is 0 Å². The highest BCUT2D eigenvalue weighted by Gasteiger charge is 2.35. The van der Waals surface area contributed by atoms with Crippen LogP contribution in [0.2, 0.25) is 0 Å². The minimum absolute atomic E-state index is 0.778. The van der Waals surface area contributed by atoms with E-state index in [-0.39, 0.29) is 0 Å². The maximum atomic E-state index is 5.52. The Morgan fingerprint density at radius 1 is 1.07 bits per heavy atom. The van der Waals surface area contributed by atoms with Gasteiger partial charge in [0.1, 0.15) is 0 Å². The molecule has 0 aliphatic heterocycles. The monoisotopic (exact) mass is 193 g/mol. The van der Waals surface area contributed by atoms with Gasteiger partial charge in [0, 0.05) is 0 Å². The zero-order chi connectivity index (χ0) is 9.86. The molecule has 0 aromatic carbocycles. The molecule has 80 valence electrons. The van der Waals surface area contributed by atoms with E-state index < -0.39 is 0 Å². The lowest BCUT2D eigenvalue weighted by molar-refractivity contribution is 0.224. The Bertz CT molecular complexity index is 199. The molecule has 1 nitrogen and oxygen atoms in total. The predicted molar refractivity (Wildman–Crippen MR) is 61.1 cm³/mol. The van der Waals surface area contributed by atoms with Gasteiger partial charge in [-0.05, 0) is 56.9 Å². The van der Waals surface area contributed by atoms with Crippen LogP contribution in [0, 0.1) is 5.41 Å². The van der Waals surface area contributed by atoms with Crippen LogP contribution in [0.5, 0.6) is 0 Å². The minimum Gasteiger partial charge on any atom is -0.330 e. The molecule has 0 radical (unpaired) electrons. The molecule has 0 aromatic heterocycles. The van der Waals surface area contributed by atoms with E-state index in [0.29, 0.717) is 0 Å². The molecule has 2 fully saturated rings. The molecule has 0 amide bonds. The number of hydrogen-bond donors (Lipinski definition) is 1. The summed E-state index contributed by atoms with van der Waals surface area (Å²) in [5, 5.41) is 0. The van der Waals surface area contributed by atoms with Crippen LogP contribution in [0.15, 0.2) is 11.6 Å². The molecule has 0 aromatic rings. The minimum atomic E-state index is 0.778. The molecule has 0 unspecified atom stereocenters. The van der Waals surface area contributed by atoms with Crippen LogP contribution in [0.1, 0.15) is 57.8 Å². The molecule has 0 heterocycles. The van der Waals surface area contributed by atoms with Crippen molar-refractivity contribution >= 4 is 0 Å². The molecule has 2 aliphatic rings. The fraction of sp³-hybridized carbons (Fsp3) is 0.846. The van der Waals surface area contributed by atoms with Gasteiger partial charge < -0.3 is 5.73 Å². The number of allylic oxidation sites excluding steroid dienone is 1. The first-order chi connectivity index (χ1) is 6.85. The molecule has 1 heteroatoms. The maximum Gasteiger partial charge on any atom is -0.00425 e. The quantitative estimate of drug-likeness (QED) is 0.668. The van der Waals surface area contributed by atoms with Crippen LogP contribution in [-0.2, 0) is 0 Å². The van der Waals surface area contributed by atoms with E-state index in [1.165, 1.54) is 51.4 Å². The van der Waals surface area contributed by atoms with Crippen molar-refractivity contribution in [3.05, 3.63) is 11.6 Å². The summed E-state index contributed by atoms with van der Waals surface area (Å²) < 4.78 is 0. The summed E-state index contributed by atoms with van der Waals surface area (Å²) in [5.41, 5.74) is 7.98. The van der Waals surface area contributed by atoms with E-state index in [4.69, 9.17) is 5.73 Å². The Morgan fingerprint density at radius 3 is 2.29 bits per heavy atom. The first-order valence-corrected chi connectivity index (χ1v) is 6.23. The average molecular weight is 193 g/mol. The van der Waals surface area contributed by atoms with Crippen molar-refractivity contribution in [3.63, 3.8) is 0 Å². The summed E-state index contributed by atoms with van der Waals surface area (Å²) in [7, 11) is 0. The van der Waals surface area contributed by atoms with Gasteiger partial charge in [-0.25, -0.2) is 0 Å². The summed E-state index contributed by atoms with van der Waals surface area (Å²) in [6, 6.07) is 0. The van der Waals surface area contributed by atoms with Crippen molar-refractivity contribution in [2.45, 2.75) is 57.8 Å². The Kier molecular flexibility index (Phi) is 3.27. The first kappa shape index (κ1) is 10.2. The topological polar surface area (TPSA) is 26.0 Å². The third-order valence-corrected chi connectivity index (χ3v) is 4.22. The Labute approximate surface area is 87.8 Å². The Hall–Kier alpha value is -0.300. The molecule has 2 N–H and O–H groups in total. The standard InChI is InChI=1S/C13H23N/c14-11-3-4-12-5-9-13(10-6-12)7-1-2-8-13/h4H,1-3,5-11,14H2. The number of rotatable bonds is 2. The molecular formula is C13H23N. The average Bonchev–Trinajstić information content (AvgIpc) is 2.66. The van der Waals surface area contributed by atoms with Gasteiger partial charge in [0.25, 0.3) is 0 Å². The van der Waals surface area contributed by atoms with E-state index in [2.05, 4.69) is 6.08 Å². The van der Waals surface area contributed by atoms with Gasteiger partial charge >= 0.3 is 0 Å². The second kappa shape index (κ2) is 4.48. The highest BCUT2D eigenvalue weighted by Crippen LogP contribution is 2.49. The van der Waals surface area contributed by atoms with E-state index in [9.17, 15) is 0 Å². The molecule has 0 saturated heterocycles. The van der Waals surface area contributed by atoms with Crippen molar-refractivity contribution in [1.29, 1.82) is 0 Å². The second-order valence-corrected chi connectivity index (χ2v) is 5.15. The van der Waals surface area contributed by atoms with Gasteiger partial charge in [-0.1, -0.05) is 24.5 Å².